The number of hydrogen-bond donors (Lipinski definition) is 3. The van der Waals surface area contributed by atoms with Crippen LogP contribution in [0.2, 0.25) is 0 Å². The summed E-state index contributed by atoms with van der Waals surface area (Å²) in [5.41, 5.74) is -1.70. The van der Waals surface area contributed by atoms with E-state index in [9.17, 15) is 40.7 Å². The first-order chi connectivity index (χ1) is 52.4. The molecular weight excluding hydrogens is 1470 g/mol. The summed E-state index contributed by atoms with van der Waals surface area (Å²) in [6.07, 6.45) is -11.6. The molecule has 2 bridgehead atoms. The lowest BCUT2D eigenvalue weighted by atomic mass is 9.74. The van der Waals surface area contributed by atoms with E-state index in [4.69, 9.17) is 9.47 Å². The van der Waals surface area contributed by atoms with E-state index >= 15 is 51.9 Å². The Hall–Kier alpha value is -7.26. The average Bonchev–Trinajstić information content (AvgIpc) is 1.51. The molecule has 4 heterocycles. The van der Waals surface area contributed by atoms with E-state index in [2.05, 4.69) is 16.0 Å². The van der Waals surface area contributed by atoms with Gasteiger partial charge in [-0.25, -0.2) is 8.78 Å². The summed E-state index contributed by atoms with van der Waals surface area (Å²) in [6, 6.07) is -11.3. The van der Waals surface area contributed by atoms with Gasteiger partial charge in [0.05, 0.1) is 44.7 Å². The van der Waals surface area contributed by atoms with Crippen LogP contribution in [0.3, 0.4) is 0 Å². The number of ether oxygens (including phenoxy) is 2. The number of halogens is 8. The highest BCUT2D eigenvalue weighted by atomic mass is 19.4. The van der Waals surface area contributed by atoms with Crippen LogP contribution in [0, 0.1) is 41.4 Å². The molecule has 0 radical (unpaired) electrons. The second-order valence-corrected chi connectivity index (χ2v) is 32.9. The molecule has 9 rings (SSSR count). The van der Waals surface area contributed by atoms with Crippen molar-refractivity contribution in [1.29, 1.82) is 0 Å². The van der Waals surface area contributed by atoms with Crippen molar-refractivity contribution in [3.63, 3.8) is 0 Å². The van der Waals surface area contributed by atoms with Crippen molar-refractivity contribution >= 4 is 70.9 Å². The van der Waals surface area contributed by atoms with Crippen LogP contribution in [0.4, 0.5) is 35.1 Å². The molecule has 12 atom stereocenters. The van der Waals surface area contributed by atoms with Crippen LogP contribution in [-0.2, 0) is 67.0 Å². The minimum atomic E-state index is -5.22. The van der Waals surface area contributed by atoms with Gasteiger partial charge in [-0.1, -0.05) is 58.1 Å². The summed E-state index contributed by atoms with van der Waals surface area (Å²) in [6.45, 7) is 3.81. The topological polar surface area (TPSA) is 289 Å². The van der Waals surface area contributed by atoms with Crippen LogP contribution in [0.5, 0.6) is 0 Å². The van der Waals surface area contributed by atoms with Gasteiger partial charge in [0, 0.05) is 81.5 Å². The van der Waals surface area contributed by atoms with Crippen LogP contribution in [0.15, 0.2) is 12.2 Å². The van der Waals surface area contributed by atoms with Gasteiger partial charge in [0.25, 0.3) is 0 Å². The van der Waals surface area contributed by atoms with Crippen molar-refractivity contribution in [3.05, 3.63) is 12.2 Å². The second kappa shape index (κ2) is 37.8. The molecule has 5 aliphatic carbocycles. The van der Waals surface area contributed by atoms with Gasteiger partial charge in [-0.3, -0.25) is 57.5 Å². The van der Waals surface area contributed by atoms with Gasteiger partial charge in [0.2, 0.25) is 70.9 Å². The van der Waals surface area contributed by atoms with E-state index < -0.39 is 230 Å². The maximum Gasteiger partial charge on any atom is 0.397 e. The average molecular weight is 1590 g/mol. The zero-order chi connectivity index (χ0) is 81.3. The largest absolute Gasteiger partial charge is 0.397 e. The van der Waals surface area contributed by atoms with Gasteiger partial charge in [-0.2, -0.15) is 26.3 Å². The summed E-state index contributed by atoms with van der Waals surface area (Å²) in [4.78, 5) is 193. The van der Waals surface area contributed by atoms with Crippen molar-refractivity contribution in [2.45, 2.75) is 260 Å². The zero-order valence-electron chi connectivity index (χ0n) is 65.6. The number of nitrogens with zero attached hydrogens (tertiary/aromatic N) is 9. The quantitative estimate of drug-likeness (QED) is 0.144. The molecule has 3 unspecified atom stereocenters. The number of likely N-dealkylation sites (N-methyl/N-ethyl adjacent to an activating group) is 6. The molecule has 4 aliphatic heterocycles. The lowest BCUT2D eigenvalue weighted by molar-refractivity contribution is -0.219. The lowest BCUT2D eigenvalue weighted by Crippen LogP contribution is -2.68. The fourth-order valence-corrected chi connectivity index (χ4v) is 17.9. The van der Waals surface area contributed by atoms with E-state index in [0.29, 0.717) is 38.5 Å². The fraction of sp³-hybridized carbons (Fsp3) is 0.818. The van der Waals surface area contributed by atoms with E-state index in [-0.39, 0.29) is 129 Å². The first-order valence-corrected chi connectivity index (χ1v) is 40.0. The maximum absolute atomic E-state index is 15.7. The first-order valence-electron chi connectivity index (χ1n) is 40.0. The highest BCUT2D eigenvalue weighted by Crippen LogP contribution is 2.46. The fourth-order valence-electron chi connectivity index (χ4n) is 17.9. The number of fused-ring (bicyclic) bond motifs is 3. The minimum Gasteiger partial charge on any atom is -0.378 e. The number of nitrogens with one attached hydrogen (secondary N) is 3. The molecule has 111 heavy (non-hydrogen) atoms. The molecule has 8 fully saturated rings. The smallest absolute Gasteiger partial charge is 0.378 e. The maximum atomic E-state index is 15.7. The summed E-state index contributed by atoms with van der Waals surface area (Å²) >= 11 is 0. The van der Waals surface area contributed by atoms with E-state index in [1.54, 1.807) is 32.9 Å². The molecule has 34 heteroatoms. The Balaban J connectivity index is 1.11. The summed E-state index contributed by atoms with van der Waals surface area (Å²) in [7, 11) is 8.11. The number of alkyl halides is 8. The minimum absolute atomic E-state index is 0.00158. The van der Waals surface area contributed by atoms with Crippen molar-refractivity contribution in [2.75, 3.05) is 101 Å². The first kappa shape index (κ1) is 87.7. The molecule has 624 valence electrons. The van der Waals surface area contributed by atoms with Crippen LogP contribution >= 0.6 is 0 Å². The van der Waals surface area contributed by atoms with Crippen molar-refractivity contribution < 1.29 is 102 Å². The van der Waals surface area contributed by atoms with Gasteiger partial charge in [0.15, 0.2) is 0 Å². The Morgan fingerprint density at radius 2 is 1.23 bits per heavy atom. The normalized spacial score (nSPS) is 32.9. The van der Waals surface area contributed by atoms with E-state index in [1.165, 1.54) is 66.8 Å². The van der Waals surface area contributed by atoms with Gasteiger partial charge < -0.3 is 69.5 Å². The molecule has 1 spiro atoms. The standard InChI is InChI=1S/C77H116F8N12O14/c1-10-45(3)64-72(107)90(5)44-62(100)91(6)55-20-13-12-16-31-96(71(55)106)59(39-47-23-26-50(27-24-47)76(80,81)82)69(104)89(4)43-60(98)86-54(28-25-48-36-52(78)63(53(79)37-48)77(83,84)85)68(103)97-42-51(111-11-2)40-57(97)67(102)88-75(29-17-30-75)74(109)94(9)65(49-18-14-15-19-49)73(108)93(8)58(70(105)95-32-34-110-35-33-95)41-61(99)92(7)56(66(101)87-64)38-46-21-22-46/h12-13,45-59,63-65H,10-11,14-44H2,1-9H3,(H,86,98)(H,87,101)(H,88,102)/b13-12-/t45-,47?,48?,50?,51+,52?,53?,54-,55?,56-,57-,58-,59-,63?,64-,65-/m0/s1. The molecule has 0 aromatic heterocycles. The van der Waals surface area contributed by atoms with Crippen LogP contribution in [-0.4, -0.2) is 301 Å². The van der Waals surface area contributed by atoms with E-state index in [1.807, 2.05) is 0 Å². The number of carbonyl (C=O) groups excluding carboxylic acids is 12. The number of rotatable bonds is 13. The Labute approximate surface area is 645 Å². The SMILES string of the molecule is CCO[C@@H]1C[C@H]2C(=O)NC3(CCC3)C(=O)N(C)[C@@H](C3CCCC3)C(=O)N(C)[C@H](C(=O)N3CCOCC3)CC(=O)N(C)[C@@H](CC3CC3)C(=O)N[C@@H]([C@@H](C)CC)C(=O)N(C)CC(=O)N(C)C3C/C=C\CCN(C3=O)[C@@H](CC3CCC(C(F)(F)F)CC3)C(=O)N(C)CC(=O)N[C@@H](CCC3CC(F)C(C(F)(F)F)C(F)C3)C(=O)N2C1. The summed E-state index contributed by atoms with van der Waals surface area (Å²) < 4.78 is 127. The monoisotopic (exact) mass is 1580 g/mol. The Bertz CT molecular complexity index is 3350. The highest BCUT2D eigenvalue weighted by Gasteiger charge is 2.57. The molecule has 3 saturated heterocycles. The summed E-state index contributed by atoms with van der Waals surface area (Å²) in [5.74, 6) is -16.6. The number of carbonyl (C=O) groups is 12. The molecule has 9 aliphatic rings. The van der Waals surface area contributed by atoms with Gasteiger partial charge in [-0.05, 0) is 146 Å². The van der Waals surface area contributed by atoms with Crippen LogP contribution < -0.4 is 16.0 Å². The third-order valence-electron chi connectivity index (χ3n) is 25.3. The second-order valence-electron chi connectivity index (χ2n) is 32.9. The third kappa shape index (κ3) is 21.2. The van der Waals surface area contributed by atoms with Crippen molar-refractivity contribution in [3.8, 4) is 0 Å². The zero-order valence-corrected chi connectivity index (χ0v) is 65.6. The summed E-state index contributed by atoms with van der Waals surface area (Å²) in [5, 5.41) is 8.48. The molecule has 12 amide bonds. The Morgan fingerprint density at radius 3 is 1.80 bits per heavy atom. The van der Waals surface area contributed by atoms with E-state index in [0.717, 1.165) is 32.4 Å². The number of morpholine rings is 1. The van der Waals surface area contributed by atoms with Crippen LogP contribution in [0.25, 0.3) is 0 Å². The molecule has 0 aromatic carbocycles. The van der Waals surface area contributed by atoms with Crippen LogP contribution in [0.1, 0.15) is 175 Å². The van der Waals surface area contributed by atoms with Gasteiger partial charge in [0.1, 0.15) is 72.1 Å². The molecule has 5 saturated carbocycles. The molecular formula is C77H116F8N12O14. The van der Waals surface area contributed by atoms with Crippen molar-refractivity contribution in [1.82, 2.24) is 60.0 Å². The molecule has 3 N–H and O–H groups in total. The predicted molar refractivity (Wildman–Crippen MR) is 388 cm³/mol. The third-order valence-corrected chi connectivity index (χ3v) is 25.3. The highest BCUT2D eigenvalue weighted by molar-refractivity contribution is 6.01. The lowest BCUT2D eigenvalue weighted by Gasteiger charge is -2.47. The van der Waals surface area contributed by atoms with Gasteiger partial charge >= 0.3 is 12.4 Å². The number of amides is 12. The van der Waals surface area contributed by atoms with Crippen molar-refractivity contribution in [2.24, 2.45) is 41.4 Å². The Kier molecular flexibility index (Phi) is 29.9. The van der Waals surface area contributed by atoms with Gasteiger partial charge in [-0.15, -0.1) is 0 Å². The molecule has 26 nitrogen and oxygen atoms in total. The Morgan fingerprint density at radius 1 is 0.613 bits per heavy atom. The predicted octanol–water partition coefficient (Wildman–Crippen LogP) is 5.88. The molecule has 0 aromatic rings. The number of hydrogen-bond acceptors (Lipinski definition) is 14.